The largest absolute Gasteiger partial charge is 0.372 e. The number of amides is 1. The van der Waals surface area contributed by atoms with Crippen LogP contribution in [0, 0.1) is 0 Å². The van der Waals surface area contributed by atoms with E-state index in [2.05, 4.69) is 0 Å². The predicted molar refractivity (Wildman–Crippen MR) is 76.1 cm³/mol. The highest BCUT2D eigenvalue weighted by Crippen LogP contribution is 2.23. The Morgan fingerprint density at radius 1 is 1.30 bits per heavy atom. The van der Waals surface area contributed by atoms with E-state index < -0.39 is 0 Å². The Morgan fingerprint density at radius 2 is 2.00 bits per heavy atom. The number of likely N-dealkylation sites (tertiary alicyclic amines) is 1. The predicted octanol–water partition coefficient (Wildman–Crippen LogP) is 2.17. The second kappa shape index (κ2) is 6.66. The van der Waals surface area contributed by atoms with Crippen molar-refractivity contribution in [3.05, 3.63) is 35.9 Å². The Hall–Kier alpha value is -1.68. The second-order valence-electron chi connectivity index (χ2n) is 5.16. The zero-order chi connectivity index (χ0) is 14.5. The molecule has 20 heavy (non-hydrogen) atoms. The summed E-state index contributed by atoms with van der Waals surface area (Å²) < 4.78 is 5.85. The molecule has 0 aliphatic carbocycles. The maximum Gasteiger partial charge on any atom is 0.220 e. The van der Waals surface area contributed by atoms with E-state index in [0.717, 1.165) is 5.56 Å². The van der Waals surface area contributed by atoms with Crippen molar-refractivity contribution < 1.29 is 14.3 Å². The summed E-state index contributed by atoms with van der Waals surface area (Å²) in [5.74, 6) is 0.0635. The molecule has 1 aromatic carbocycles. The molecule has 1 heterocycles. The van der Waals surface area contributed by atoms with Crippen molar-refractivity contribution in [2.45, 2.75) is 45.4 Å². The lowest BCUT2D eigenvalue weighted by atomic mass is 10.1. The van der Waals surface area contributed by atoms with Crippen molar-refractivity contribution in [2.24, 2.45) is 0 Å². The van der Waals surface area contributed by atoms with Crippen LogP contribution in [-0.2, 0) is 20.9 Å². The van der Waals surface area contributed by atoms with Crippen molar-refractivity contribution in [1.29, 1.82) is 0 Å². The Bertz CT molecular complexity index is 472. The van der Waals surface area contributed by atoms with E-state index in [0.29, 0.717) is 26.0 Å². The van der Waals surface area contributed by atoms with E-state index >= 15 is 0 Å². The Kier molecular flexibility index (Phi) is 4.90. The molecule has 1 aliphatic rings. The zero-order valence-corrected chi connectivity index (χ0v) is 12.0. The van der Waals surface area contributed by atoms with Gasteiger partial charge in [-0.3, -0.25) is 9.59 Å². The van der Waals surface area contributed by atoms with Crippen molar-refractivity contribution in [1.82, 2.24) is 4.90 Å². The standard InChI is InChI=1S/C16H21NO3/c1-3-16(19)15-9-14(10-17(15)12(2)18)20-11-13-7-5-4-6-8-13/h4-8,14-15H,3,9-11H2,1-2H3/t14-,15+/m1/s1. The molecular formula is C16H21NO3. The Morgan fingerprint density at radius 3 is 2.60 bits per heavy atom. The van der Waals surface area contributed by atoms with E-state index in [1.165, 1.54) is 6.92 Å². The van der Waals surface area contributed by atoms with Crippen LogP contribution in [0.25, 0.3) is 0 Å². The fraction of sp³-hybridized carbons (Fsp3) is 0.500. The van der Waals surface area contributed by atoms with Crippen LogP contribution < -0.4 is 0 Å². The van der Waals surface area contributed by atoms with Gasteiger partial charge in [-0.05, 0) is 5.56 Å². The molecule has 1 amide bonds. The van der Waals surface area contributed by atoms with E-state index in [1.807, 2.05) is 37.3 Å². The molecule has 4 heteroatoms. The molecule has 0 spiro atoms. The summed E-state index contributed by atoms with van der Waals surface area (Å²) in [4.78, 5) is 25.2. The number of hydrogen-bond acceptors (Lipinski definition) is 3. The summed E-state index contributed by atoms with van der Waals surface area (Å²) in [5, 5.41) is 0. The zero-order valence-electron chi connectivity index (χ0n) is 12.0. The van der Waals surface area contributed by atoms with E-state index in [9.17, 15) is 9.59 Å². The van der Waals surface area contributed by atoms with Crippen LogP contribution >= 0.6 is 0 Å². The van der Waals surface area contributed by atoms with Gasteiger partial charge in [-0.25, -0.2) is 0 Å². The lowest BCUT2D eigenvalue weighted by Gasteiger charge is -2.21. The fourth-order valence-corrected chi connectivity index (χ4v) is 2.60. The minimum absolute atomic E-state index is 0.0531. The van der Waals surface area contributed by atoms with Crippen LogP contribution in [0.1, 0.15) is 32.3 Å². The van der Waals surface area contributed by atoms with Gasteiger partial charge in [0, 0.05) is 26.3 Å². The Labute approximate surface area is 119 Å². The third-order valence-electron chi connectivity index (χ3n) is 3.72. The Balaban J connectivity index is 1.94. The highest BCUT2D eigenvalue weighted by Gasteiger charge is 2.37. The first-order chi connectivity index (χ1) is 9.61. The van der Waals surface area contributed by atoms with Gasteiger partial charge in [-0.1, -0.05) is 37.3 Å². The van der Waals surface area contributed by atoms with Gasteiger partial charge in [0.05, 0.1) is 18.8 Å². The molecule has 0 N–H and O–H groups in total. The number of carbonyl (C=O) groups excluding carboxylic acids is 2. The fourth-order valence-electron chi connectivity index (χ4n) is 2.60. The molecular weight excluding hydrogens is 254 g/mol. The van der Waals surface area contributed by atoms with Gasteiger partial charge in [0.15, 0.2) is 5.78 Å². The summed E-state index contributed by atoms with van der Waals surface area (Å²) in [5.41, 5.74) is 1.10. The van der Waals surface area contributed by atoms with Crippen LogP contribution in [0.4, 0.5) is 0 Å². The van der Waals surface area contributed by atoms with Crippen LogP contribution in [0.2, 0.25) is 0 Å². The highest BCUT2D eigenvalue weighted by molar-refractivity contribution is 5.88. The van der Waals surface area contributed by atoms with Gasteiger partial charge in [-0.2, -0.15) is 0 Å². The smallest absolute Gasteiger partial charge is 0.220 e. The lowest BCUT2D eigenvalue weighted by Crippen LogP contribution is -2.39. The summed E-state index contributed by atoms with van der Waals surface area (Å²) in [6, 6.07) is 9.61. The van der Waals surface area contributed by atoms with Gasteiger partial charge in [0.25, 0.3) is 0 Å². The molecule has 0 aromatic heterocycles. The highest BCUT2D eigenvalue weighted by atomic mass is 16.5. The van der Waals surface area contributed by atoms with E-state index in [4.69, 9.17) is 4.74 Å². The van der Waals surface area contributed by atoms with Crippen LogP contribution in [0.15, 0.2) is 30.3 Å². The molecule has 4 nitrogen and oxygen atoms in total. The molecule has 2 atom stereocenters. The average Bonchev–Trinajstić information content (AvgIpc) is 2.90. The van der Waals surface area contributed by atoms with Crippen molar-refractivity contribution in [3.63, 3.8) is 0 Å². The molecule has 0 bridgehead atoms. The first-order valence-electron chi connectivity index (χ1n) is 7.07. The van der Waals surface area contributed by atoms with Gasteiger partial charge in [0.1, 0.15) is 0 Å². The molecule has 1 aromatic rings. The van der Waals surface area contributed by atoms with Crippen molar-refractivity contribution >= 4 is 11.7 Å². The number of rotatable bonds is 5. The average molecular weight is 275 g/mol. The summed E-state index contributed by atoms with van der Waals surface area (Å²) >= 11 is 0. The first kappa shape index (κ1) is 14.7. The van der Waals surface area contributed by atoms with Gasteiger partial charge < -0.3 is 9.64 Å². The van der Waals surface area contributed by atoms with Crippen LogP contribution in [0.3, 0.4) is 0 Å². The van der Waals surface area contributed by atoms with Crippen LogP contribution in [0.5, 0.6) is 0 Å². The van der Waals surface area contributed by atoms with Crippen molar-refractivity contribution in [2.75, 3.05) is 6.54 Å². The van der Waals surface area contributed by atoms with Gasteiger partial charge in [-0.15, -0.1) is 0 Å². The number of nitrogens with zero attached hydrogens (tertiary/aromatic N) is 1. The molecule has 0 saturated carbocycles. The molecule has 1 aliphatic heterocycles. The van der Waals surface area contributed by atoms with Gasteiger partial charge >= 0.3 is 0 Å². The minimum Gasteiger partial charge on any atom is -0.372 e. The molecule has 1 saturated heterocycles. The number of Topliss-reactive ketones (excluding diaryl/α,β-unsaturated/α-hetero) is 1. The molecule has 1 fully saturated rings. The maximum absolute atomic E-state index is 11.9. The number of ketones is 1. The summed E-state index contributed by atoms with van der Waals surface area (Å²) in [6.07, 6.45) is 1.01. The topological polar surface area (TPSA) is 46.6 Å². The number of hydrogen-bond donors (Lipinski definition) is 0. The quantitative estimate of drug-likeness (QED) is 0.827. The number of ether oxygens (including phenoxy) is 1. The monoisotopic (exact) mass is 275 g/mol. The van der Waals surface area contributed by atoms with Gasteiger partial charge in [0.2, 0.25) is 5.91 Å². The second-order valence-corrected chi connectivity index (χ2v) is 5.16. The third-order valence-corrected chi connectivity index (χ3v) is 3.72. The molecule has 0 radical (unpaired) electrons. The minimum atomic E-state index is -0.307. The van der Waals surface area contributed by atoms with Crippen molar-refractivity contribution in [3.8, 4) is 0 Å². The third kappa shape index (κ3) is 3.45. The van der Waals surface area contributed by atoms with E-state index in [1.54, 1.807) is 4.90 Å². The normalized spacial score (nSPS) is 22.0. The van der Waals surface area contributed by atoms with Crippen LogP contribution in [-0.4, -0.2) is 35.3 Å². The van der Waals surface area contributed by atoms with E-state index in [-0.39, 0.29) is 23.8 Å². The number of benzene rings is 1. The molecule has 0 unspecified atom stereocenters. The SMILES string of the molecule is CCC(=O)[C@@H]1C[C@@H](OCc2ccccc2)CN1C(C)=O. The first-order valence-corrected chi connectivity index (χ1v) is 7.07. The summed E-state index contributed by atoms with van der Waals surface area (Å²) in [7, 11) is 0. The lowest BCUT2D eigenvalue weighted by molar-refractivity contribution is -0.135. The number of carbonyl (C=O) groups is 2. The molecule has 2 rings (SSSR count). The summed E-state index contributed by atoms with van der Waals surface area (Å²) in [6.45, 7) is 4.37. The maximum atomic E-state index is 11.9. The molecule has 108 valence electrons.